The Morgan fingerprint density at radius 2 is 1.76 bits per heavy atom. The zero-order valence-corrected chi connectivity index (χ0v) is 19.8. The number of benzene rings is 1. The highest BCUT2D eigenvalue weighted by Crippen LogP contribution is 2.39. The smallest absolute Gasteiger partial charge is 0.365 e. The molecule has 2 aromatic rings. The van der Waals surface area contributed by atoms with Crippen molar-refractivity contribution in [2.24, 2.45) is 5.92 Å². The second kappa shape index (κ2) is 9.35. The van der Waals surface area contributed by atoms with Gasteiger partial charge in [0.2, 0.25) is 9.84 Å². The fourth-order valence-electron chi connectivity index (χ4n) is 4.08. The number of amides is 1. The molecule has 1 amide bonds. The summed E-state index contributed by atoms with van der Waals surface area (Å²) in [4.78, 5) is 20.3. The van der Waals surface area contributed by atoms with Gasteiger partial charge < -0.3 is 14.5 Å². The van der Waals surface area contributed by atoms with E-state index in [1.165, 1.54) is 30.2 Å². The Hall–Kier alpha value is -2.37. The van der Waals surface area contributed by atoms with Crippen LogP contribution in [0.2, 0.25) is 5.15 Å². The molecular weight excluding hydrogens is 495 g/mol. The molecule has 1 aromatic carbocycles. The summed E-state index contributed by atoms with van der Waals surface area (Å²) in [6.45, 7) is 1.09. The number of pyridine rings is 1. The van der Waals surface area contributed by atoms with Crippen LogP contribution in [0.5, 0.6) is 0 Å². The van der Waals surface area contributed by atoms with Crippen LogP contribution in [0.4, 0.5) is 19.0 Å². The first-order valence-electron chi connectivity index (χ1n) is 10.7. The number of hydrogen-bond donors (Lipinski definition) is 0. The molecule has 34 heavy (non-hydrogen) atoms. The van der Waals surface area contributed by atoms with Gasteiger partial charge in [0, 0.05) is 33.3 Å². The van der Waals surface area contributed by atoms with Crippen molar-refractivity contribution in [1.29, 1.82) is 0 Å². The Balaban J connectivity index is 1.49. The lowest BCUT2D eigenvalue weighted by molar-refractivity contribution is -0.137. The van der Waals surface area contributed by atoms with E-state index in [1.54, 1.807) is 17.0 Å². The third-order valence-electron chi connectivity index (χ3n) is 6.00. The van der Waals surface area contributed by atoms with E-state index < -0.39 is 38.1 Å². The summed E-state index contributed by atoms with van der Waals surface area (Å²) < 4.78 is 70.5. The Labute approximate surface area is 200 Å². The molecule has 1 atom stereocenters. The Bertz CT molecular complexity index is 1180. The van der Waals surface area contributed by atoms with Crippen LogP contribution in [0, 0.1) is 5.92 Å². The summed E-state index contributed by atoms with van der Waals surface area (Å²) >= 11 is 5.73. The second-order valence-corrected chi connectivity index (χ2v) is 10.6. The first-order chi connectivity index (χ1) is 16.0. The molecule has 0 N–H and O–H groups in total. The number of nitrogens with zero attached hydrogens (tertiary/aromatic N) is 3. The number of carbonyl (C=O) groups excluding carboxylic acids is 1. The van der Waals surface area contributed by atoms with Crippen molar-refractivity contribution in [3.8, 4) is 0 Å². The number of halogens is 4. The largest absolute Gasteiger partial charge is 0.419 e. The monoisotopic (exact) mass is 517 g/mol. The number of anilines is 1. The standard InChI is InChI=1S/C22H23ClF3N3O4S/c1-33-21(14-6-7-14)34(31,32)17-5-3-2-4-15(17)20(30)29-12-10-28(11-13-29)18-9-8-16(19(23)27-18)22(24,25)26/h2-5,8-9,14,21H,6-7,10-13H2,1H3. The highest BCUT2D eigenvalue weighted by Gasteiger charge is 2.43. The third kappa shape index (κ3) is 4.87. The van der Waals surface area contributed by atoms with Gasteiger partial charge in [-0.15, -0.1) is 0 Å². The maximum absolute atomic E-state index is 13.3. The van der Waals surface area contributed by atoms with Crippen LogP contribution >= 0.6 is 11.6 Å². The minimum atomic E-state index is -4.59. The number of sulfone groups is 1. The lowest BCUT2D eigenvalue weighted by Gasteiger charge is -2.36. The van der Waals surface area contributed by atoms with E-state index in [-0.39, 0.29) is 35.3 Å². The van der Waals surface area contributed by atoms with Crippen molar-refractivity contribution in [1.82, 2.24) is 9.88 Å². The van der Waals surface area contributed by atoms with E-state index in [4.69, 9.17) is 16.3 Å². The van der Waals surface area contributed by atoms with Gasteiger partial charge >= 0.3 is 6.18 Å². The van der Waals surface area contributed by atoms with E-state index in [2.05, 4.69) is 4.98 Å². The molecule has 7 nitrogen and oxygen atoms in total. The fourth-order valence-corrected chi connectivity index (χ4v) is 6.35. The van der Waals surface area contributed by atoms with Crippen molar-refractivity contribution in [2.75, 3.05) is 38.2 Å². The predicted octanol–water partition coefficient (Wildman–Crippen LogP) is 3.87. The number of alkyl halides is 3. The summed E-state index contributed by atoms with van der Waals surface area (Å²) in [5.41, 5.74) is -1.92. The number of ether oxygens (including phenoxy) is 1. The molecule has 1 unspecified atom stereocenters. The normalized spacial score (nSPS) is 18.1. The minimum Gasteiger partial charge on any atom is -0.365 e. The van der Waals surface area contributed by atoms with Gasteiger partial charge in [0.05, 0.1) is 16.0 Å². The molecule has 2 heterocycles. The summed E-state index contributed by atoms with van der Waals surface area (Å²) in [7, 11) is -2.52. The van der Waals surface area contributed by atoms with Crippen molar-refractivity contribution >= 4 is 33.2 Å². The van der Waals surface area contributed by atoms with Gasteiger partial charge in [0.15, 0.2) is 5.44 Å². The maximum Gasteiger partial charge on any atom is 0.419 e. The average Bonchev–Trinajstić information content (AvgIpc) is 3.63. The van der Waals surface area contributed by atoms with Crippen LogP contribution in [-0.2, 0) is 20.8 Å². The number of carbonyl (C=O) groups is 1. The fraction of sp³-hybridized carbons (Fsp3) is 0.455. The second-order valence-electron chi connectivity index (χ2n) is 8.27. The molecule has 0 bridgehead atoms. The van der Waals surface area contributed by atoms with Crippen molar-refractivity contribution in [3.63, 3.8) is 0 Å². The van der Waals surface area contributed by atoms with E-state index in [9.17, 15) is 26.4 Å². The number of hydrogen-bond acceptors (Lipinski definition) is 6. The predicted molar refractivity (Wildman–Crippen MR) is 120 cm³/mol. The molecule has 2 fully saturated rings. The highest BCUT2D eigenvalue weighted by atomic mass is 35.5. The highest BCUT2D eigenvalue weighted by molar-refractivity contribution is 7.92. The van der Waals surface area contributed by atoms with E-state index >= 15 is 0 Å². The first-order valence-corrected chi connectivity index (χ1v) is 12.6. The van der Waals surface area contributed by atoms with Gasteiger partial charge in [-0.25, -0.2) is 13.4 Å². The molecule has 1 aliphatic heterocycles. The van der Waals surface area contributed by atoms with Gasteiger partial charge in [-0.2, -0.15) is 13.2 Å². The molecular formula is C22H23ClF3N3O4S. The van der Waals surface area contributed by atoms with Crippen LogP contribution in [-0.4, -0.2) is 62.9 Å². The Morgan fingerprint density at radius 1 is 1.12 bits per heavy atom. The minimum absolute atomic E-state index is 0.0580. The Morgan fingerprint density at radius 3 is 2.32 bits per heavy atom. The van der Waals surface area contributed by atoms with Crippen LogP contribution in [0.3, 0.4) is 0 Å². The van der Waals surface area contributed by atoms with Crippen LogP contribution < -0.4 is 4.90 Å². The lowest BCUT2D eigenvalue weighted by atomic mass is 10.1. The number of aromatic nitrogens is 1. The number of methoxy groups -OCH3 is 1. The van der Waals surface area contributed by atoms with Gasteiger partial charge in [-0.1, -0.05) is 23.7 Å². The quantitative estimate of drug-likeness (QED) is 0.541. The van der Waals surface area contributed by atoms with E-state index in [0.29, 0.717) is 13.1 Å². The summed E-state index contributed by atoms with van der Waals surface area (Å²) in [6, 6.07) is 8.21. The average molecular weight is 518 g/mol. The molecule has 0 spiro atoms. The molecule has 0 radical (unpaired) electrons. The molecule has 12 heteroatoms. The molecule has 4 rings (SSSR count). The van der Waals surface area contributed by atoms with E-state index in [1.807, 2.05) is 0 Å². The maximum atomic E-state index is 13.3. The van der Waals surface area contributed by atoms with Crippen molar-refractivity contribution in [2.45, 2.75) is 29.3 Å². The van der Waals surface area contributed by atoms with Crippen LogP contribution in [0.15, 0.2) is 41.3 Å². The van der Waals surface area contributed by atoms with Crippen molar-refractivity contribution in [3.05, 3.63) is 52.7 Å². The van der Waals surface area contributed by atoms with E-state index in [0.717, 1.165) is 18.9 Å². The lowest BCUT2D eigenvalue weighted by Crippen LogP contribution is -2.49. The molecule has 1 aromatic heterocycles. The number of rotatable bonds is 6. The summed E-state index contributed by atoms with van der Waals surface area (Å²) in [6.07, 6.45) is -3.07. The van der Waals surface area contributed by atoms with Gasteiger partial charge in [-0.3, -0.25) is 4.79 Å². The molecule has 1 saturated carbocycles. The van der Waals surface area contributed by atoms with Crippen molar-refractivity contribution < 1.29 is 31.1 Å². The van der Waals surface area contributed by atoms with Gasteiger partial charge in [0.1, 0.15) is 11.0 Å². The zero-order valence-electron chi connectivity index (χ0n) is 18.3. The third-order valence-corrected chi connectivity index (χ3v) is 8.45. The van der Waals surface area contributed by atoms with Gasteiger partial charge in [-0.05, 0) is 43.0 Å². The zero-order chi connectivity index (χ0) is 24.7. The molecule has 2 aliphatic rings. The van der Waals surface area contributed by atoms with Crippen LogP contribution in [0.1, 0.15) is 28.8 Å². The molecule has 184 valence electrons. The first kappa shape index (κ1) is 24.7. The SMILES string of the molecule is COC(C1CC1)S(=O)(=O)c1ccccc1C(=O)N1CCN(c2ccc(C(F)(F)F)c(Cl)n2)CC1. The summed E-state index contributed by atoms with van der Waals surface area (Å²) in [5.74, 6) is -0.229. The topological polar surface area (TPSA) is 79.8 Å². The Kier molecular flexibility index (Phi) is 6.80. The van der Waals surface area contributed by atoms with Gasteiger partial charge in [0.25, 0.3) is 5.91 Å². The number of piperazine rings is 1. The summed E-state index contributed by atoms with van der Waals surface area (Å²) in [5, 5.41) is -0.633. The molecule has 1 aliphatic carbocycles. The van der Waals surface area contributed by atoms with Crippen LogP contribution in [0.25, 0.3) is 0 Å². The molecule has 1 saturated heterocycles.